The van der Waals surface area contributed by atoms with Crippen LogP contribution in [0.4, 0.5) is 0 Å². The lowest BCUT2D eigenvalue weighted by Gasteiger charge is -2.37. The quantitative estimate of drug-likeness (QED) is 0.166. The molecule has 0 aromatic heterocycles. The van der Waals surface area contributed by atoms with Gasteiger partial charge >= 0.3 is 0 Å². The minimum absolute atomic E-state index is 0.565. The number of piperidine rings is 4. The van der Waals surface area contributed by atoms with E-state index in [-0.39, 0.29) is 0 Å². The Balaban J connectivity index is 0. The van der Waals surface area contributed by atoms with Crippen LogP contribution in [-0.2, 0) is 6.54 Å². The zero-order valence-corrected chi connectivity index (χ0v) is 72.2. The lowest BCUT2D eigenvalue weighted by Crippen LogP contribution is -2.42. The Morgan fingerprint density at radius 2 is 0.643 bits per heavy atom. The molecule has 9 rings (SSSR count). The minimum Gasteiger partial charge on any atom is -0.318 e. The van der Waals surface area contributed by atoms with Gasteiger partial charge in [-0.05, 0) is 343 Å². The molecular weight excluding hydrogens is 1200 g/mol. The van der Waals surface area contributed by atoms with Gasteiger partial charge in [-0.2, -0.15) is 0 Å². The van der Waals surface area contributed by atoms with Crippen molar-refractivity contribution in [3.05, 3.63) is 35.9 Å². The van der Waals surface area contributed by atoms with Crippen LogP contribution in [0.3, 0.4) is 0 Å². The highest BCUT2D eigenvalue weighted by atomic mass is 15.2. The van der Waals surface area contributed by atoms with E-state index in [0.29, 0.717) is 18.1 Å². The topological polar surface area (TPSA) is 53.2 Å². The van der Waals surface area contributed by atoms with Gasteiger partial charge in [-0.25, -0.2) is 0 Å². The smallest absolute Gasteiger partial charge is 0.0207 e. The normalized spacial score (nSPS) is 21.9. The molecule has 0 spiro atoms. The van der Waals surface area contributed by atoms with E-state index in [4.69, 9.17) is 0 Å². The summed E-state index contributed by atoms with van der Waals surface area (Å²) < 4.78 is 0. The van der Waals surface area contributed by atoms with E-state index >= 15 is 0 Å². The molecule has 3 unspecified atom stereocenters. The molecule has 586 valence electrons. The first-order chi connectivity index (χ1) is 46.3. The fourth-order valence-corrected chi connectivity index (χ4v) is 13.8. The van der Waals surface area contributed by atoms with E-state index in [1.165, 1.54) is 239 Å². The van der Waals surface area contributed by atoms with Crippen molar-refractivity contribution in [2.24, 2.45) is 23.7 Å². The van der Waals surface area contributed by atoms with Crippen molar-refractivity contribution in [3.63, 3.8) is 0 Å². The summed E-state index contributed by atoms with van der Waals surface area (Å²) in [6.07, 6.45) is 25.5. The molecule has 8 aliphatic rings. The van der Waals surface area contributed by atoms with Crippen molar-refractivity contribution in [2.75, 3.05) is 125 Å². The van der Waals surface area contributed by atoms with Crippen LogP contribution in [0.2, 0.25) is 0 Å². The fraction of sp³-hybridized carbons (Fsp3) is 0.931. The van der Waals surface area contributed by atoms with Crippen molar-refractivity contribution in [1.82, 2.24) is 54.7 Å². The van der Waals surface area contributed by atoms with Crippen LogP contribution in [0, 0.1) is 23.7 Å². The molecule has 1 aromatic rings. The third-order valence-electron chi connectivity index (χ3n) is 21.6. The number of benzene rings is 1. The summed E-state index contributed by atoms with van der Waals surface area (Å²) >= 11 is 0. The Labute approximate surface area is 618 Å². The summed E-state index contributed by atoms with van der Waals surface area (Å²) in [6.45, 7) is 87.8. The van der Waals surface area contributed by atoms with Gasteiger partial charge in [-0.1, -0.05) is 132 Å². The first-order valence-electron chi connectivity index (χ1n) is 42.4. The maximum Gasteiger partial charge on any atom is 0.0207 e. The van der Waals surface area contributed by atoms with Crippen LogP contribution >= 0.6 is 0 Å². The third-order valence-corrected chi connectivity index (χ3v) is 21.6. The molecule has 1 aromatic carbocycles. The Kier molecular flexibility index (Phi) is 62.6. The van der Waals surface area contributed by atoms with Crippen molar-refractivity contribution in [3.8, 4) is 0 Å². The van der Waals surface area contributed by atoms with Crippen LogP contribution in [0.5, 0.6) is 0 Å². The highest BCUT2D eigenvalue weighted by Gasteiger charge is 2.24. The molecule has 8 saturated heterocycles. The minimum atomic E-state index is 0.565. The van der Waals surface area contributed by atoms with E-state index in [2.05, 4.69) is 273 Å². The zero-order chi connectivity index (χ0) is 74.5. The number of hydrogen-bond acceptors (Lipinski definition) is 11. The second kappa shape index (κ2) is 62.0. The van der Waals surface area contributed by atoms with Gasteiger partial charge in [0.1, 0.15) is 0 Å². The monoisotopic (exact) mass is 1380 g/mol. The van der Waals surface area contributed by atoms with Gasteiger partial charge in [0.05, 0.1) is 0 Å². The summed E-state index contributed by atoms with van der Waals surface area (Å²) in [5.41, 5.74) is 1.35. The Morgan fingerprint density at radius 3 is 0.878 bits per heavy atom. The first-order valence-corrected chi connectivity index (χ1v) is 42.4. The molecule has 11 heteroatoms. The SMILES string of the molecule is CC(C)N1CCC1.CC(C)N1CCCC1.CC(C)N1CCCCC1.CC(C)N1CCCCC1.CC(C)N1CCCCCC1.CC(C)NCc1ccccc1.CC1CC(C)CN(C(C)C)C1.CC1CCN(C(C)C)CC1.CCC1CCN(C(C)C)C1.CCN(CC)C(C)C.CNC(C)C. The number of likely N-dealkylation sites (tertiary alicyclic amines) is 8. The molecule has 98 heavy (non-hydrogen) atoms. The standard InChI is InChI=1S/C10H21N.C10H15N.3C9H19N.2C8H17N.C7H15N.C7H17N.C6H13N.C4H11N/c1-8(2)11-6-9(3)5-10(4)7-11;1-9(2)11-8-10-6-4-3-5-7-10;1-8(2)10-6-4-9(3)5-7-10;1-9(2)10-7-5-3-4-6-8-10;1-4-9-5-6-10(7-9)8(2)3;2*1-8(2)9-6-4-3-5-7-9;1-7(2)8-5-3-4-6-8;1-5-8(6-2)7(3)4;1-6(2)7-4-3-5-7;1-4(2)5-3/h8-10H,5-7H2,1-4H3;3-7,9,11H,8H2,1-2H3;8-9H,4-7H2,1-3H3;9H,3-8H2,1-2H3;8-9H,4-7H2,1-3H3;2*8H,3-7H2,1-2H3;7H,3-6H2,1-2H3;7H,5-6H2,1-4H3;6H,3-5H2,1-2H3;4-5H,1-3H3. The van der Waals surface area contributed by atoms with Gasteiger partial charge in [0, 0.05) is 92.6 Å². The van der Waals surface area contributed by atoms with Gasteiger partial charge in [-0.3, -0.25) is 0 Å². The summed E-state index contributed by atoms with van der Waals surface area (Å²) in [6, 6.07) is 18.5. The molecule has 8 heterocycles. The van der Waals surface area contributed by atoms with Crippen molar-refractivity contribution in [1.29, 1.82) is 0 Å². The Morgan fingerprint density at radius 1 is 0.347 bits per heavy atom. The second-order valence-corrected chi connectivity index (χ2v) is 34.0. The number of hydrogen-bond donors (Lipinski definition) is 2. The highest BCUT2D eigenvalue weighted by molar-refractivity contribution is 5.14. The Hall–Kier alpha value is -1.22. The summed E-state index contributed by atoms with van der Waals surface area (Å²) in [5, 5.41) is 6.39. The molecule has 0 saturated carbocycles. The third kappa shape index (κ3) is 53.5. The average Bonchev–Trinajstić information content (AvgIpc) is 1.95. The molecular formula is C87H183N11. The van der Waals surface area contributed by atoms with E-state index in [9.17, 15) is 0 Å². The van der Waals surface area contributed by atoms with Crippen molar-refractivity contribution >= 4 is 0 Å². The average molecular weight is 1380 g/mol. The predicted molar refractivity (Wildman–Crippen MR) is 444 cm³/mol. The van der Waals surface area contributed by atoms with Gasteiger partial charge in [0.15, 0.2) is 0 Å². The molecule has 0 aliphatic carbocycles. The number of nitrogens with one attached hydrogen (secondary N) is 2. The highest BCUT2D eigenvalue weighted by Crippen LogP contribution is 2.23. The van der Waals surface area contributed by atoms with Crippen molar-refractivity contribution in [2.45, 2.75) is 382 Å². The fourth-order valence-electron chi connectivity index (χ4n) is 13.8. The van der Waals surface area contributed by atoms with Gasteiger partial charge in [-0.15, -0.1) is 0 Å². The molecule has 0 amide bonds. The summed E-state index contributed by atoms with van der Waals surface area (Å²) in [7, 11) is 1.95. The lowest BCUT2D eigenvalue weighted by molar-refractivity contribution is 0.111. The van der Waals surface area contributed by atoms with Crippen molar-refractivity contribution < 1.29 is 0 Å². The van der Waals surface area contributed by atoms with Crippen LogP contribution < -0.4 is 10.6 Å². The lowest BCUT2D eigenvalue weighted by atomic mass is 9.91. The molecule has 0 bridgehead atoms. The molecule has 11 nitrogen and oxygen atoms in total. The zero-order valence-electron chi connectivity index (χ0n) is 72.2. The molecule has 3 atom stereocenters. The van der Waals surface area contributed by atoms with Crippen LogP contribution in [-0.4, -0.2) is 235 Å². The van der Waals surface area contributed by atoms with E-state index in [1.807, 2.05) is 13.1 Å². The molecule has 2 N–H and O–H groups in total. The summed E-state index contributed by atoms with van der Waals surface area (Å²) in [5.74, 6) is 3.76. The van der Waals surface area contributed by atoms with E-state index in [0.717, 1.165) is 78.6 Å². The number of nitrogens with zero attached hydrogens (tertiary/aromatic N) is 9. The first kappa shape index (κ1) is 98.8. The maximum atomic E-state index is 3.36. The molecule has 8 aliphatic heterocycles. The van der Waals surface area contributed by atoms with Gasteiger partial charge in [0.2, 0.25) is 0 Å². The maximum absolute atomic E-state index is 3.36. The van der Waals surface area contributed by atoms with Gasteiger partial charge in [0.25, 0.3) is 0 Å². The molecule has 0 radical (unpaired) electrons. The predicted octanol–water partition coefficient (Wildman–Crippen LogP) is 19.8. The van der Waals surface area contributed by atoms with Crippen LogP contribution in [0.15, 0.2) is 30.3 Å². The van der Waals surface area contributed by atoms with E-state index < -0.39 is 0 Å². The molecule has 8 fully saturated rings. The van der Waals surface area contributed by atoms with Crippen LogP contribution in [0.1, 0.15) is 315 Å². The van der Waals surface area contributed by atoms with Crippen LogP contribution in [0.25, 0.3) is 0 Å². The number of rotatable bonds is 16. The summed E-state index contributed by atoms with van der Waals surface area (Å²) in [4.78, 5) is 22.9. The Bertz CT molecular complexity index is 1730. The van der Waals surface area contributed by atoms with E-state index in [1.54, 1.807) is 0 Å². The largest absolute Gasteiger partial charge is 0.318 e. The second-order valence-electron chi connectivity index (χ2n) is 34.0. The van der Waals surface area contributed by atoms with Gasteiger partial charge < -0.3 is 54.7 Å².